The number of carbonyl (C=O) groups excluding carboxylic acids is 2. The minimum Gasteiger partial charge on any atom is -0.354 e. The van der Waals surface area contributed by atoms with Gasteiger partial charge in [0.1, 0.15) is 18.4 Å². The largest absolute Gasteiger partial charge is 0.354 e. The van der Waals surface area contributed by atoms with Crippen LogP contribution in [0.4, 0.5) is 10.1 Å². The van der Waals surface area contributed by atoms with E-state index in [2.05, 4.69) is 5.32 Å². The molecule has 9 heteroatoms. The first-order valence-electron chi connectivity index (χ1n) is 13.5. The van der Waals surface area contributed by atoms with Crippen molar-refractivity contribution in [1.82, 2.24) is 10.2 Å². The van der Waals surface area contributed by atoms with E-state index in [0.717, 1.165) is 46.0 Å². The van der Waals surface area contributed by atoms with Gasteiger partial charge >= 0.3 is 0 Å². The fourth-order valence-electron chi connectivity index (χ4n) is 4.41. The molecule has 3 aromatic rings. The number of anilines is 1. The Morgan fingerprint density at radius 2 is 1.60 bits per heavy atom. The lowest BCUT2D eigenvalue weighted by atomic mass is 10.1. The van der Waals surface area contributed by atoms with Gasteiger partial charge in [-0.2, -0.15) is 0 Å². The van der Waals surface area contributed by atoms with E-state index in [1.165, 1.54) is 29.2 Å². The molecule has 214 valence electrons. The average Bonchev–Trinajstić information content (AvgIpc) is 2.92. The third kappa shape index (κ3) is 7.91. The van der Waals surface area contributed by atoms with Crippen LogP contribution in [0.3, 0.4) is 0 Å². The summed E-state index contributed by atoms with van der Waals surface area (Å²) < 4.78 is 42.4. The maximum Gasteiger partial charge on any atom is 0.264 e. The van der Waals surface area contributed by atoms with Crippen LogP contribution < -0.4 is 9.62 Å². The van der Waals surface area contributed by atoms with Crippen molar-refractivity contribution in [3.05, 3.63) is 95.3 Å². The smallest absolute Gasteiger partial charge is 0.264 e. The van der Waals surface area contributed by atoms with Crippen LogP contribution in [0.25, 0.3) is 0 Å². The zero-order valence-corrected chi connectivity index (χ0v) is 24.4. The number of hydrogen-bond donors (Lipinski definition) is 1. The van der Waals surface area contributed by atoms with E-state index in [1.54, 1.807) is 12.1 Å². The van der Waals surface area contributed by atoms with Gasteiger partial charge in [0.25, 0.3) is 10.0 Å². The lowest BCUT2D eigenvalue weighted by molar-refractivity contribution is -0.140. The zero-order chi connectivity index (χ0) is 29.3. The van der Waals surface area contributed by atoms with Gasteiger partial charge in [-0.25, -0.2) is 12.8 Å². The molecule has 1 N–H and O–H groups in total. The molecule has 1 atom stereocenters. The van der Waals surface area contributed by atoms with Crippen molar-refractivity contribution in [3.63, 3.8) is 0 Å². The number of nitrogens with zero attached hydrogens (tertiary/aromatic N) is 2. The molecule has 0 aliphatic carbocycles. The van der Waals surface area contributed by atoms with Gasteiger partial charge in [0, 0.05) is 13.1 Å². The Morgan fingerprint density at radius 1 is 0.925 bits per heavy atom. The fourth-order valence-corrected chi connectivity index (χ4v) is 5.82. The van der Waals surface area contributed by atoms with Crippen LogP contribution in [-0.4, -0.2) is 44.3 Å². The lowest BCUT2D eigenvalue weighted by Crippen LogP contribution is -2.52. The number of sulfonamides is 1. The standard InChI is InChI=1S/C31H38FN3O4S/c1-5-7-19-33-31(37)29(6-2)34(21-25-10-8-9-24(4)20-25)30(36)22-35(27-15-13-26(32)14-16-27)40(38,39)28-17-11-23(3)12-18-28/h8-18,20,29H,5-7,19,21-22H2,1-4H3,(H,33,37)/t29-/m0/s1. The molecule has 0 aliphatic rings. The van der Waals surface area contributed by atoms with E-state index < -0.39 is 34.3 Å². The minimum absolute atomic E-state index is 0.00445. The number of nitrogens with one attached hydrogen (secondary N) is 1. The van der Waals surface area contributed by atoms with Crippen molar-refractivity contribution in [2.45, 2.75) is 64.4 Å². The number of amides is 2. The van der Waals surface area contributed by atoms with Gasteiger partial charge in [-0.3, -0.25) is 13.9 Å². The molecular weight excluding hydrogens is 529 g/mol. The summed E-state index contributed by atoms with van der Waals surface area (Å²) in [5.41, 5.74) is 2.85. The second-order valence-electron chi connectivity index (χ2n) is 9.88. The number of unbranched alkanes of at least 4 members (excludes halogenated alkanes) is 1. The summed E-state index contributed by atoms with van der Waals surface area (Å²) in [4.78, 5) is 28.7. The Labute approximate surface area is 237 Å². The highest BCUT2D eigenvalue weighted by atomic mass is 32.2. The monoisotopic (exact) mass is 567 g/mol. The molecule has 0 radical (unpaired) electrons. The number of hydrogen-bond acceptors (Lipinski definition) is 4. The van der Waals surface area contributed by atoms with Crippen molar-refractivity contribution >= 4 is 27.5 Å². The van der Waals surface area contributed by atoms with Crippen molar-refractivity contribution in [3.8, 4) is 0 Å². The molecule has 0 fully saturated rings. The van der Waals surface area contributed by atoms with E-state index in [4.69, 9.17) is 0 Å². The molecule has 40 heavy (non-hydrogen) atoms. The quantitative estimate of drug-likeness (QED) is 0.282. The molecule has 3 rings (SSSR count). The molecular formula is C31H38FN3O4S. The highest BCUT2D eigenvalue weighted by Crippen LogP contribution is 2.25. The van der Waals surface area contributed by atoms with Gasteiger partial charge in [0.05, 0.1) is 10.6 Å². The minimum atomic E-state index is -4.20. The van der Waals surface area contributed by atoms with E-state index in [0.29, 0.717) is 13.0 Å². The molecule has 0 aliphatic heterocycles. The molecule has 0 heterocycles. The number of aryl methyl sites for hydroxylation is 2. The van der Waals surface area contributed by atoms with E-state index in [1.807, 2.05) is 52.0 Å². The summed E-state index contributed by atoms with van der Waals surface area (Å²) in [6, 6.07) is 18.1. The van der Waals surface area contributed by atoms with Crippen LogP contribution >= 0.6 is 0 Å². The highest BCUT2D eigenvalue weighted by molar-refractivity contribution is 7.92. The van der Waals surface area contributed by atoms with Gasteiger partial charge in [-0.15, -0.1) is 0 Å². The maximum atomic E-state index is 14.0. The van der Waals surface area contributed by atoms with E-state index in [9.17, 15) is 22.4 Å². The second kappa shape index (κ2) is 14.1. The number of benzene rings is 3. The predicted octanol–water partition coefficient (Wildman–Crippen LogP) is 5.36. The Hall–Kier alpha value is -3.72. The Bertz CT molecular complexity index is 1390. The summed E-state index contributed by atoms with van der Waals surface area (Å²) in [5.74, 6) is -1.36. The maximum absolute atomic E-state index is 14.0. The molecule has 7 nitrogen and oxygen atoms in total. The first kappa shape index (κ1) is 30.8. The summed E-state index contributed by atoms with van der Waals surface area (Å²) in [5, 5.41) is 2.91. The van der Waals surface area contributed by atoms with Crippen molar-refractivity contribution in [2.75, 3.05) is 17.4 Å². The van der Waals surface area contributed by atoms with Crippen molar-refractivity contribution in [1.29, 1.82) is 0 Å². The summed E-state index contributed by atoms with van der Waals surface area (Å²) in [6.07, 6.45) is 2.06. The Morgan fingerprint density at radius 3 is 2.20 bits per heavy atom. The molecule has 0 saturated carbocycles. The number of carbonyl (C=O) groups is 2. The van der Waals surface area contributed by atoms with Gasteiger partial charge in [-0.1, -0.05) is 67.8 Å². The van der Waals surface area contributed by atoms with E-state index >= 15 is 0 Å². The van der Waals surface area contributed by atoms with Crippen LogP contribution in [0.2, 0.25) is 0 Å². The first-order valence-corrected chi connectivity index (χ1v) is 15.0. The van der Waals surface area contributed by atoms with Crippen LogP contribution in [-0.2, 0) is 26.2 Å². The molecule has 0 saturated heterocycles. The van der Waals surface area contributed by atoms with Crippen molar-refractivity contribution < 1.29 is 22.4 Å². The molecule has 0 aromatic heterocycles. The SMILES string of the molecule is CCCCNC(=O)[C@H](CC)N(Cc1cccc(C)c1)C(=O)CN(c1ccc(F)cc1)S(=O)(=O)c1ccc(C)cc1. The van der Waals surface area contributed by atoms with Gasteiger partial charge in [0.15, 0.2) is 0 Å². The third-order valence-corrected chi connectivity index (χ3v) is 8.44. The van der Waals surface area contributed by atoms with Crippen LogP contribution in [0, 0.1) is 19.7 Å². The fraction of sp³-hybridized carbons (Fsp3) is 0.355. The highest BCUT2D eigenvalue weighted by Gasteiger charge is 2.33. The van der Waals surface area contributed by atoms with Crippen LogP contribution in [0.15, 0.2) is 77.7 Å². The van der Waals surface area contributed by atoms with Gasteiger partial charge < -0.3 is 10.2 Å². The molecule has 2 amide bonds. The second-order valence-corrected chi connectivity index (χ2v) is 11.7. The molecule has 0 unspecified atom stereocenters. The summed E-state index contributed by atoms with van der Waals surface area (Å²) >= 11 is 0. The molecule has 0 spiro atoms. The van der Waals surface area contributed by atoms with Crippen molar-refractivity contribution in [2.24, 2.45) is 0 Å². The topological polar surface area (TPSA) is 86.8 Å². The number of halogens is 1. The Balaban J connectivity index is 2.03. The van der Waals surface area contributed by atoms with E-state index in [-0.39, 0.29) is 23.0 Å². The average molecular weight is 568 g/mol. The normalized spacial score (nSPS) is 12.0. The predicted molar refractivity (Wildman–Crippen MR) is 156 cm³/mol. The third-order valence-electron chi connectivity index (χ3n) is 6.65. The molecule has 3 aromatic carbocycles. The Kier molecular flexibility index (Phi) is 10.8. The first-order chi connectivity index (χ1) is 19.1. The van der Waals surface area contributed by atoms with Crippen LogP contribution in [0.1, 0.15) is 49.8 Å². The summed E-state index contributed by atoms with van der Waals surface area (Å²) in [6.45, 7) is 7.68. The van der Waals surface area contributed by atoms with Gasteiger partial charge in [-0.05, 0) is 68.7 Å². The zero-order valence-electron chi connectivity index (χ0n) is 23.6. The lowest BCUT2D eigenvalue weighted by Gasteiger charge is -2.33. The van der Waals surface area contributed by atoms with Crippen LogP contribution in [0.5, 0.6) is 0 Å². The van der Waals surface area contributed by atoms with Gasteiger partial charge in [0.2, 0.25) is 11.8 Å². The molecule has 0 bridgehead atoms. The number of rotatable bonds is 13. The summed E-state index contributed by atoms with van der Waals surface area (Å²) in [7, 11) is -4.20.